The number of hydrogen-bond donors (Lipinski definition) is 3. The van der Waals surface area contributed by atoms with Crippen LogP contribution in [-0.4, -0.2) is 38.4 Å². The quantitative estimate of drug-likeness (QED) is 0.451. The summed E-state index contributed by atoms with van der Waals surface area (Å²) in [6.07, 6.45) is 2.54. The number of aromatic nitrogens is 2. The third-order valence-electron chi connectivity index (χ3n) is 6.56. The Bertz CT molecular complexity index is 1340. The summed E-state index contributed by atoms with van der Waals surface area (Å²) in [5, 5.41) is 17.1. The molecule has 1 unspecified atom stereocenters. The molecule has 0 bridgehead atoms. The minimum absolute atomic E-state index is 0.00560. The topological polar surface area (TPSA) is 109 Å². The fraction of sp³-hybridized carbons (Fsp3) is 0.346. The van der Waals surface area contributed by atoms with Crippen LogP contribution in [0.15, 0.2) is 58.1 Å². The first-order valence-corrected chi connectivity index (χ1v) is 11.8. The molecule has 9 heteroatoms. The highest BCUT2D eigenvalue weighted by Gasteiger charge is 2.25. The first-order chi connectivity index (χ1) is 16.8. The number of rotatable bonds is 7. The van der Waals surface area contributed by atoms with Crippen LogP contribution in [0.25, 0.3) is 0 Å². The van der Waals surface area contributed by atoms with Crippen molar-refractivity contribution in [3.8, 4) is 5.75 Å². The maximum absolute atomic E-state index is 13.3. The van der Waals surface area contributed by atoms with Crippen LogP contribution in [0.5, 0.6) is 5.75 Å². The number of nitrogens with zero attached hydrogens (tertiary/aromatic N) is 3. The molecule has 184 valence electrons. The summed E-state index contributed by atoms with van der Waals surface area (Å²) in [5.41, 5.74) is 0.567. The Balaban J connectivity index is 1.76. The number of hydrogen-bond acceptors (Lipinski definition) is 6. The normalized spacial score (nSPS) is 14.1. The molecule has 1 amide bonds. The minimum Gasteiger partial charge on any atom is -0.505 e. The molecule has 2 aromatic carbocycles. The van der Waals surface area contributed by atoms with Gasteiger partial charge in [-0.15, -0.1) is 0 Å². The maximum atomic E-state index is 13.3. The molecular weight excluding hydrogens is 446 g/mol. The molecule has 3 N–H and O–H groups in total. The lowest BCUT2D eigenvalue weighted by Crippen LogP contribution is -2.38. The van der Waals surface area contributed by atoms with E-state index in [2.05, 4.69) is 10.6 Å². The van der Waals surface area contributed by atoms with E-state index in [-0.39, 0.29) is 40.3 Å². The van der Waals surface area contributed by atoms with Crippen molar-refractivity contribution in [1.29, 1.82) is 0 Å². The summed E-state index contributed by atoms with van der Waals surface area (Å²) in [6, 6.07) is 14.2. The summed E-state index contributed by atoms with van der Waals surface area (Å²) in [7, 11) is 3.02. The van der Waals surface area contributed by atoms with Crippen molar-refractivity contribution in [1.82, 2.24) is 14.3 Å². The number of anilines is 3. The average Bonchev–Trinajstić information content (AvgIpc) is 3.42. The molecule has 1 aliphatic rings. The molecule has 1 aliphatic heterocycles. The summed E-state index contributed by atoms with van der Waals surface area (Å²) in [4.78, 5) is 41.1. The summed E-state index contributed by atoms with van der Waals surface area (Å²) >= 11 is 0. The molecule has 0 radical (unpaired) electrons. The van der Waals surface area contributed by atoms with Crippen molar-refractivity contribution < 1.29 is 9.90 Å². The third-order valence-corrected chi connectivity index (χ3v) is 6.56. The predicted molar refractivity (Wildman–Crippen MR) is 137 cm³/mol. The zero-order chi connectivity index (χ0) is 25.1. The van der Waals surface area contributed by atoms with Gasteiger partial charge in [0.25, 0.3) is 17.0 Å². The van der Waals surface area contributed by atoms with Gasteiger partial charge in [0.1, 0.15) is 11.4 Å². The third kappa shape index (κ3) is 4.66. The number of para-hydroxylation sites is 1. The van der Waals surface area contributed by atoms with Crippen molar-refractivity contribution in [3.63, 3.8) is 0 Å². The van der Waals surface area contributed by atoms with E-state index in [0.29, 0.717) is 19.5 Å². The van der Waals surface area contributed by atoms with Gasteiger partial charge in [0.05, 0.1) is 17.3 Å². The molecule has 2 heterocycles. The fourth-order valence-electron chi connectivity index (χ4n) is 4.38. The van der Waals surface area contributed by atoms with Crippen LogP contribution in [0, 0.1) is 0 Å². The molecule has 1 atom stereocenters. The van der Waals surface area contributed by atoms with Gasteiger partial charge in [-0.25, -0.2) is 9.36 Å². The lowest BCUT2D eigenvalue weighted by Gasteiger charge is -2.23. The molecule has 0 spiro atoms. The standard InChI is InChI=1S/C26H31N5O4/c1-4-19(17-11-6-5-7-12-17)27-21-22(26(35)30(3)29(2)25(21)34)28-20-14-10-13-18(23(20)32)24(33)31-15-8-9-16-31/h5-7,10-14,19,27-28,32H,4,8-9,15-16H2,1-3H3. The minimum atomic E-state index is -0.451. The second-order valence-corrected chi connectivity index (χ2v) is 8.75. The Morgan fingerprint density at radius 1 is 0.943 bits per heavy atom. The second-order valence-electron chi connectivity index (χ2n) is 8.75. The Morgan fingerprint density at radius 2 is 1.57 bits per heavy atom. The number of amides is 1. The zero-order valence-corrected chi connectivity index (χ0v) is 20.2. The molecule has 1 saturated heterocycles. The first-order valence-electron chi connectivity index (χ1n) is 11.8. The van der Waals surface area contributed by atoms with Crippen LogP contribution in [-0.2, 0) is 14.1 Å². The van der Waals surface area contributed by atoms with Gasteiger partial charge < -0.3 is 20.6 Å². The van der Waals surface area contributed by atoms with Gasteiger partial charge in [-0.05, 0) is 37.0 Å². The number of phenolic OH excluding ortho intramolecular Hbond substituents is 1. The van der Waals surface area contributed by atoms with E-state index >= 15 is 0 Å². The summed E-state index contributed by atoms with van der Waals surface area (Å²) in [6.45, 7) is 3.29. The lowest BCUT2D eigenvalue weighted by atomic mass is 10.0. The second kappa shape index (κ2) is 10.1. The molecule has 0 aliphatic carbocycles. The Hall–Kier alpha value is -4.01. The number of phenols is 1. The van der Waals surface area contributed by atoms with Gasteiger partial charge in [-0.3, -0.25) is 14.4 Å². The fourth-order valence-corrected chi connectivity index (χ4v) is 4.38. The van der Waals surface area contributed by atoms with Gasteiger partial charge in [-0.2, -0.15) is 0 Å². The molecule has 35 heavy (non-hydrogen) atoms. The Kier molecular flexibility index (Phi) is 6.95. The van der Waals surface area contributed by atoms with Gasteiger partial charge in [0, 0.05) is 27.2 Å². The van der Waals surface area contributed by atoms with Crippen LogP contribution < -0.4 is 21.8 Å². The highest BCUT2D eigenvalue weighted by Crippen LogP contribution is 2.33. The van der Waals surface area contributed by atoms with E-state index in [1.165, 1.54) is 23.5 Å². The first kappa shape index (κ1) is 24.1. The van der Waals surface area contributed by atoms with E-state index in [9.17, 15) is 19.5 Å². The van der Waals surface area contributed by atoms with Crippen molar-refractivity contribution in [3.05, 3.63) is 80.4 Å². The van der Waals surface area contributed by atoms with Crippen LogP contribution in [0.4, 0.5) is 17.1 Å². The van der Waals surface area contributed by atoms with Crippen molar-refractivity contribution in [2.75, 3.05) is 23.7 Å². The molecule has 3 aromatic rings. The molecule has 0 saturated carbocycles. The molecule has 1 aromatic heterocycles. The number of likely N-dealkylation sites (tertiary alicyclic amines) is 1. The molecular formula is C26H31N5O4. The predicted octanol–water partition coefficient (Wildman–Crippen LogP) is 3.33. The van der Waals surface area contributed by atoms with E-state index < -0.39 is 11.1 Å². The Labute approximate surface area is 203 Å². The summed E-state index contributed by atoms with van der Waals surface area (Å²) < 4.78 is 2.44. The monoisotopic (exact) mass is 477 g/mol. The van der Waals surface area contributed by atoms with Crippen LogP contribution in [0.2, 0.25) is 0 Å². The van der Waals surface area contributed by atoms with Crippen LogP contribution in [0.1, 0.15) is 48.1 Å². The van der Waals surface area contributed by atoms with Gasteiger partial charge in [-0.1, -0.05) is 43.3 Å². The summed E-state index contributed by atoms with van der Waals surface area (Å²) in [5.74, 6) is -0.512. The lowest BCUT2D eigenvalue weighted by molar-refractivity contribution is 0.0790. The van der Waals surface area contributed by atoms with Gasteiger partial charge in [0.15, 0.2) is 5.75 Å². The molecule has 4 rings (SSSR count). The largest absolute Gasteiger partial charge is 0.505 e. The van der Waals surface area contributed by atoms with E-state index in [1.54, 1.807) is 23.1 Å². The van der Waals surface area contributed by atoms with E-state index in [0.717, 1.165) is 18.4 Å². The number of benzene rings is 2. The highest BCUT2D eigenvalue weighted by molar-refractivity contribution is 5.99. The number of nitrogens with one attached hydrogen (secondary N) is 2. The Morgan fingerprint density at radius 3 is 2.20 bits per heavy atom. The number of aromatic hydroxyl groups is 1. The van der Waals surface area contributed by atoms with Crippen molar-refractivity contribution in [2.24, 2.45) is 14.1 Å². The van der Waals surface area contributed by atoms with Crippen LogP contribution in [0.3, 0.4) is 0 Å². The average molecular weight is 478 g/mol. The smallest absolute Gasteiger partial charge is 0.290 e. The number of carbonyl (C=O) groups excluding carboxylic acids is 1. The van der Waals surface area contributed by atoms with Gasteiger partial charge >= 0.3 is 0 Å². The zero-order valence-electron chi connectivity index (χ0n) is 20.2. The maximum Gasteiger partial charge on any atom is 0.290 e. The SMILES string of the molecule is CCC(Nc1c(Nc2cccc(C(=O)N3CCCC3)c2O)c(=O)n(C)n(C)c1=O)c1ccccc1. The number of carbonyl (C=O) groups is 1. The van der Waals surface area contributed by atoms with Crippen molar-refractivity contribution >= 4 is 23.0 Å². The van der Waals surface area contributed by atoms with E-state index in [4.69, 9.17) is 0 Å². The highest BCUT2D eigenvalue weighted by atomic mass is 16.3. The van der Waals surface area contributed by atoms with Crippen molar-refractivity contribution in [2.45, 2.75) is 32.2 Å². The molecule has 9 nitrogen and oxygen atoms in total. The van der Waals surface area contributed by atoms with Crippen LogP contribution >= 0.6 is 0 Å². The molecule has 1 fully saturated rings. The van der Waals surface area contributed by atoms with E-state index in [1.807, 2.05) is 37.3 Å². The van der Waals surface area contributed by atoms with Gasteiger partial charge in [0.2, 0.25) is 0 Å².